The lowest BCUT2D eigenvalue weighted by Gasteiger charge is -2.37. The van der Waals surface area contributed by atoms with Crippen LogP contribution in [-0.2, 0) is 24.0 Å². The topological polar surface area (TPSA) is 76.2 Å². The van der Waals surface area contributed by atoms with E-state index in [1.807, 2.05) is 0 Å². The third-order valence-electron chi connectivity index (χ3n) is 4.51. The Bertz CT molecular complexity index is 443. The number of esters is 1. The van der Waals surface area contributed by atoms with Gasteiger partial charge in [0.2, 0.25) is 0 Å². The maximum absolute atomic E-state index is 12.3. The minimum atomic E-state index is -0.579. The summed E-state index contributed by atoms with van der Waals surface area (Å²) in [5.74, 6) is -0.613. The third kappa shape index (κ3) is 3.47. The second-order valence-corrected chi connectivity index (χ2v) is 5.88. The third-order valence-corrected chi connectivity index (χ3v) is 4.51. The number of hydrogen-bond donors (Lipinski definition) is 0. The number of ether oxygens (including phenoxy) is 1. The molecule has 0 atom stereocenters. The highest BCUT2D eigenvalue weighted by Gasteiger charge is 2.53. The number of carbonyl (C=O) groups excluding carboxylic acids is 3. The van der Waals surface area contributed by atoms with Crippen LogP contribution in [0.1, 0.15) is 39.0 Å². The first-order chi connectivity index (χ1) is 10.5. The Morgan fingerprint density at radius 2 is 1.95 bits per heavy atom. The van der Waals surface area contributed by atoms with Crippen molar-refractivity contribution in [2.45, 2.75) is 39.0 Å². The van der Waals surface area contributed by atoms with Crippen LogP contribution in [-0.4, -0.2) is 61.1 Å². The number of carbonyl (C=O) groups is 3. The first kappa shape index (κ1) is 16.9. The lowest BCUT2D eigenvalue weighted by Crippen LogP contribution is -2.44. The summed E-state index contributed by atoms with van der Waals surface area (Å²) < 4.78 is 4.90. The zero-order valence-electron chi connectivity index (χ0n) is 13.3. The highest BCUT2D eigenvalue weighted by atomic mass is 16.7. The van der Waals surface area contributed by atoms with Crippen molar-refractivity contribution < 1.29 is 24.0 Å². The molecule has 0 saturated carbocycles. The van der Waals surface area contributed by atoms with Crippen LogP contribution >= 0.6 is 0 Å². The molecule has 2 heterocycles. The summed E-state index contributed by atoms with van der Waals surface area (Å²) in [6.45, 7) is 4.55. The highest BCUT2D eigenvalue weighted by molar-refractivity contribution is 6.04. The van der Waals surface area contributed by atoms with E-state index in [0.29, 0.717) is 25.9 Å². The number of likely N-dealkylation sites (tertiary alicyclic amines) is 1. The number of amides is 2. The molecular weight excluding hydrogens is 288 g/mol. The van der Waals surface area contributed by atoms with Crippen molar-refractivity contribution >= 4 is 17.8 Å². The van der Waals surface area contributed by atoms with Gasteiger partial charge in [-0.2, -0.15) is 5.06 Å². The second-order valence-electron chi connectivity index (χ2n) is 5.88. The van der Waals surface area contributed by atoms with Gasteiger partial charge < -0.3 is 9.64 Å². The van der Waals surface area contributed by atoms with Crippen molar-refractivity contribution in [2.75, 3.05) is 33.4 Å². The van der Waals surface area contributed by atoms with Gasteiger partial charge in [0, 0.05) is 12.8 Å². The SMILES string of the molecule is CCOC(=O)CCCN1CCC2(CC1)CC(=O)N(OC)C2=O. The van der Waals surface area contributed by atoms with Crippen LogP contribution in [0.5, 0.6) is 0 Å². The Balaban J connectivity index is 1.78. The molecule has 0 aromatic rings. The molecule has 0 N–H and O–H groups in total. The van der Waals surface area contributed by atoms with Gasteiger partial charge in [0.15, 0.2) is 0 Å². The van der Waals surface area contributed by atoms with Crippen LogP contribution in [0.2, 0.25) is 0 Å². The van der Waals surface area contributed by atoms with Crippen molar-refractivity contribution in [2.24, 2.45) is 5.41 Å². The van der Waals surface area contributed by atoms with E-state index in [1.54, 1.807) is 6.92 Å². The standard InChI is InChI=1S/C15H24N2O5/c1-3-22-13(19)5-4-8-16-9-6-15(7-10-16)11-12(18)17(21-2)14(15)20/h3-11H2,1-2H3. The smallest absolute Gasteiger partial charge is 0.305 e. The van der Waals surface area contributed by atoms with Gasteiger partial charge in [-0.15, -0.1) is 0 Å². The minimum absolute atomic E-state index is 0.164. The van der Waals surface area contributed by atoms with Crippen LogP contribution < -0.4 is 0 Å². The predicted octanol–water partition coefficient (Wildman–Crippen LogP) is 0.732. The molecule has 2 fully saturated rings. The maximum Gasteiger partial charge on any atom is 0.305 e. The van der Waals surface area contributed by atoms with Crippen molar-refractivity contribution in [1.82, 2.24) is 9.96 Å². The highest BCUT2D eigenvalue weighted by Crippen LogP contribution is 2.42. The molecule has 2 aliphatic heterocycles. The average Bonchev–Trinajstić information content (AvgIpc) is 2.72. The molecule has 2 amide bonds. The van der Waals surface area contributed by atoms with E-state index in [4.69, 9.17) is 9.57 Å². The summed E-state index contributed by atoms with van der Waals surface area (Å²) in [6, 6.07) is 0. The van der Waals surface area contributed by atoms with Gasteiger partial charge in [0.25, 0.3) is 11.8 Å². The fourth-order valence-corrected chi connectivity index (χ4v) is 3.23. The second kappa shape index (κ2) is 7.19. The van der Waals surface area contributed by atoms with E-state index in [2.05, 4.69) is 4.90 Å². The predicted molar refractivity (Wildman–Crippen MR) is 77.5 cm³/mol. The summed E-state index contributed by atoms with van der Waals surface area (Å²) in [7, 11) is 1.35. The van der Waals surface area contributed by atoms with E-state index in [-0.39, 0.29) is 24.2 Å². The molecule has 2 saturated heterocycles. The van der Waals surface area contributed by atoms with E-state index in [9.17, 15) is 14.4 Å². The zero-order chi connectivity index (χ0) is 16.2. The lowest BCUT2D eigenvalue weighted by molar-refractivity contribution is -0.183. The van der Waals surface area contributed by atoms with Gasteiger partial charge >= 0.3 is 5.97 Å². The van der Waals surface area contributed by atoms with Gasteiger partial charge in [-0.25, -0.2) is 0 Å². The first-order valence-electron chi connectivity index (χ1n) is 7.82. The Kier molecular flexibility index (Phi) is 5.52. The normalized spacial score (nSPS) is 21.6. The Morgan fingerprint density at radius 1 is 1.27 bits per heavy atom. The molecule has 1 spiro atoms. The molecule has 0 bridgehead atoms. The van der Waals surface area contributed by atoms with E-state index in [1.165, 1.54) is 7.11 Å². The van der Waals surface area contributed by atoms with Gasteiger partial charge in [-0.1, -0.05) is 0 Å². The molecule has 0 aromatic carbocycles. The van der Waals surface area contributed by atoms with E-state index < -0.39 is 5.41 Å². The fourth-order valence-electron chi connectivity index (χ4n) is 3.23. The molecule has 0 radical (unpaired) electrons. The zero-order valence-corrected chi connectivity index (χ0v) is 13.3. The summed E-state index contributed by atoms with van der Waals surface area (Å²) in [4.78, 5) is 42.5. The van der Waals surface area contributed by atoms with Gasteiger partial charge in [-0.3, -0.25) is 19.2 Å². The Morgan fingerprint density at radius 3 is 2.50 bits per heavy atom. The van der Waals surface area contributed by atoms with Crippen LogP contribution in [0.15, 0.2) is 0 Å². The largest absolute Gasteiger partial charge is 0.466 e. The molecule has 2 aliphatic rings. The molecule has 22 heavy (non-hydrogen) atoms. The van der Waals surface area contributed by atoms with Crippen LogP contribution in [0.4, 0.5) is 0 Å². The van der Waals surface area contributed by atoms with Crippen LogP contribution in [0.3, 0.4) is 0 Å². The summed E-state index contributed by atoms with van der Waals surface area (Å²) in [5.41, 5.74) is -0.579. The molecule has 7 nitrogen and oxygen atoms in total. The van der Waals surface area contributed by atoms with Gasteiger partial charge in [0.1, 0.15) is 0 Å². The fraction of sp³-hybridized carbons (Fsp3) is 0.800. The Labute approximate surface area is 130 Å². The number of rotatable bonds is 6. The molecule has 124 valence electrons. The van der Waals surface area contributed by atoms with Crippen molar-refractivity contribution in [3.63, 3.8) is 0 Å². The number of imide groups is 1. The lowest BCUT2D eigenvalue weighted by atomic mass is 9.77. The van der Waals surface area contributed by atoms with Crippen molar-refractivity contribution in [1.29, 1.82) is 0 Å². The van der Waals surface area contributed by atoms with Crippen molar-refractivity contribution in [3.05, 3.63) is 0 Å². The quantitative estimate of drug-likeness (QED) is 0.532. The monoisotopic (exact) mass is 312 g/mol. The van der Waals surface area contributed by atoms with Crippen molar-refractivity contribution in [3.8, 4) is 0 Å². The average molecular weight is 312 g/mol. The molecule has 7 heteroatoms. The molecule has 2 rings (SSSR count). The summed E-state index contributed by atoms with van der Waals surface area (Å²) in [5, 5.41) is 0.899. The summed E-state index contributed by atoms with van der Waals surface area (Å²) in [6.07, 6.45) is 2.75. The van der Waals surface area contributed by atoms with E-state index >= 15 is 0 Å². The Hall–Kier alpha value is -1.47. The van der Waals surface area contributed by atoms with Crippen LogP contribution in [0.25, 0.3) is 0 Å². The summed E-state index contributed by atoms with van der Waals surface area (Å²) >= 11 is 0. The maximum atomic E-state index is 12.3. The number of nitrogens with zero attached hydrogens (tertiary/aromatic N) is 2. The van der Waals surface area contributed by atoms with Gasteiger partial charge in [0.05, 0.1) is 19.1 Å². The minimum Gasteiger partial charge on any atom is -0.466 e. The molecule has 0 unspecified atom stereocenters. The number of piperidine rings is 1. The molecular formula is C15H24N2O5. The van der Waals surface area contributed by atoms with E-state index in [0.717, 1.165) is 31.1 Å². The molecule has 0 aromatic heterocycles. The van der Waals surface area contributed by atoms with Crippen LogP contribution in [0, 0.1) is 5.41 Å². The number of hydroxylamine groups is 2. The van der Waals surface area contributed by atoms with Gasteiger partial charge in [-0.05, 0) is 45.8 Å². The first-order valence-corrected chi connectivity index (χ1v) is 7.82. The number of hydrogen-bond acceptors (Lipinski definition) is 6. The molecule has 0 aliphatic carbocycles.